The third-order valence-corrected chi connectivity index (χ3v) is 2.36. The fourth-order valence-electron chi connectivity index (χ4n) is 1.34. The molecule has 104 valence electrons. The van der Waals surface area contributed by atoms with Crippen LogP contribution >= 0.6 is 0 Å². The highest BCUT2D eigenvalue weighted by Gasteiger charge is 2.19. The molecule has 1 atom stereocenters. The van der Waals surface area contributed by atoms with E-state index in [2.05, 4.69) is 19.2 Å². The molecule has 0 bridgehead atoms. The Kier molecular flexibility index (Phi) is 10.9. The molecule has 0 spiro atoms. The van der Waals surface area contributed by atoms with Crippen LogP contribution in [0, 0.1) is 0 Å². The summed E-state index contributed by atoms with van der Waals surface area (Å²) in [4.78, 5) is 0. The minimum Gasteiger partial charge on any atom is -0.386 e. The number of hydrogen-bond acceptors (Lipinski definition) is 4. The van der Waals surface area contributed by atoms with Gasteiger partial charge in [0.2, 0.25) is 0 Å². The van der Waals surface area contributed by atoms with E-state index in [1.165, 1.54) is 0 Å². The Hall–Kier alpha value is -0.160. The van der Waals surface area contributed by atoms with Crippen molar-refractivity contribution in [2.45, 2.75) is 45.6 Å². The molecule has 0 radical (unpaired) electrons. The third kappa shape index (κ3) is 12.1. The van der Waals surface area contributed by atoms with Crippen molar-refractivity contribution in [3.05, 3.63) is 0 Å². The lowest BCUT2D eigenvalue weighted by Gasteiger charge is -2.23. The summed E-state index contributed by atoms with van der Waals surface area (Å²) < 4.78 is 10.8. The first-order chi connectivity index (χ1) is 8.12. The molecule has 0 aromatic heterocycles. The molecule has 0 aromatic carbocycles. The van der Waals surface area contributed by atoms with Crippen molar-refractivity contribution in [1.82, 2.24) is 5.32 Å². The highest BCUT2D eigenvalue weighted by atomic mass is 16.5. The molecule has 0 amide bonds. The van der Waals surface area contributed by atoms with E-state index in [-0.39, 0.29) is 0 Å². The number of hydrogen-bond donors (Lipinski definition) is 2. The number of rotatable bonds is 12. The molecule has 0 heterocycles. The average Bonchev–Trinajstić information content (AvgIpc) is 2.28. The van der Waals surface area contributed by atoms with Gasteiger partial charge in [0.1, 0.15) is 0 Å². The standard InChI is InChI=1S/C13H29NO3/c1-4-6-8-16-9-10-17-12-13(3,15)11-14-7-5-2/h14-15H,4-12H2,1-3H3. The van der Waals surface area contributed by atoms with Crippen LogP contribution in [-0.2, 0) is 9.47 Å². The van der Waals surface area contributed by atoms with Crippen LogP contribution < -0.4 is 5.32 Å². The van der Waals surface area contributed by atoms with Gasteiger partial charge in [-0.05, 0) is 26.3 Å². The van der Waals surface area contributed by atoms with Crippen molar-refractivity contribution < 1.29 is 14.6 Å². The van der Waals surface area contributed by atoms with E-state index in [4.69, 9.17) is 9.47 Å². The molecule has 0 aromatic rings. The molecule has 0 fully saturated rings. The molecule has 0 rings (SSSR count). The number of nitrogens with one attached hydrogen (secondary N) is 1. The van der Waals surface area contributed by atoms with Crippen molar-refractivity contribution in [2.24, 2.45) is 0 Å². The molecule has 1 unspecified atom stereocenters. The van der Waals surface area contributed by atoms with Crippen LogP contribution in [0.3, 0.4) is 0 Å². The first kappa shape index (κ1) is 16.8. The number of ether oxygens (including phenoxy) is 2. The van der Waals surface area contributed by atoms with Gasteiger partial charge < -0.3 is 19.9 Å². The number of aliphatic hydroxyl groups is 1. The van der Waals surface area contributed by atoms with E-state index in [1.807, 2.05) is 0 Å². The van der Waals surface area contributed by atoms with Gasteiger partial charge in [-0.3, -0.25) is 0 Å². The maximum absolute atomic E-state index is 9.95. The SMILES string of the molecule is CCCCOCCOCC(C)(O)CNCCC. The Labute approximate surface area is 106 Å². The first-order valence-corrected chi connectivity index (χ1v) is 6.71. The maximum Gasteiger partial charge on any atom is 0.0975 e. The van der Waals surface area contributed by atoms with Crippen LogP contribution in [0.15, 0.2) is 0 Å². The van der Waals surface area contributed by atoms with Gasteiger partial charge in [-0.25, -0.2) is 0 Å². The second-order valence-corrected chi connectivity index (χ2v) is 4.69. The largest absolute Gasteiger partial charge is 0.386 e. The van der Waals surface area contributed by atoms with Gasteiger partial charge in [-0.2, -0.15) is 0 Å². The first-order valence-electron chi connectivity index (χ1n) is 6.71. The topological polar surface area (TPSA) is 50.7 Å². The lowest BCUT2D eigenvalue weighted by Crippen LogP contribution is -2.42. The molecule has 0 saturated heterocycles. The Balaban J connectivity index is 3.32. The molecule has 4 nitrogen and oxygen atoms in total. The van der Waals surface area contributed by atoms with Crippen molar-refractivity contribution in [3.8, 4) is 0 Å². The van der Waals surface area contributed by atoms with Crippen molar-refractivity contribution in [1.29, 1.82) is 0 Å². The van der Waals surface area contributed by atoms with E-state index >= 15 is 0 Å². The summed E-state index contributed by atoms with van der Waals surface area (Å²) in [5.74, 6) is 0. The Morgan fingerprint density at radius 2 is 1.76 bits per heavy atom. The summed E-state index contributed by atoms with van der Waals surface area (Å²) in [6.07, 6.45) is 3.32. The van der Waals surface area contributed by atoms with Gasteiger partial charge in [0.15, 0.2) is 0 Å². The molecule has 0 aliphatic heterocycles. The highest BCUT2D eigenvalue weighted by molar-refractivity contribution is 4.74. The summed E-state index contributed by atoms with van der Waals surface area (Å²) in [5, 5.41) is 13.1. The highest BCUT2D eigenvalue weighted by Crippen LogP contribution is 2.02. The molecule has 0 aliphatic rings. The van der Waals surface area contributed by atoms with E-state index in [0.717, 1.165) is 32.4 Å². The fraction of sp³-hybridized carbons (Fsp3) is 1.00. The fourth-order valence-corrected chi connectivity index (χ4v) is 1.34. The Morgan fingerprint density at radius 1 is 1.06 bits per heavy atom. The monoisotopic (exact) mass is 247 g/mol. The van der Waals surface area contributed by atoms with E-state index in [1.54, 1.807) is 6.92 Å². The Morgan fingerprint density at radius 3 is 2.41 bits per heavy atom. The van der Waals surface area contributed by atoms with Gasteiger partial charge in [0, 0.05) is 13.2 Å². The average molecular weight is 247 g/mol. The van der Waals surface area contributed by atoms with Gasteiger partial charge in [-0.15, -0.1) is 0 Å². The predicted octanol–water partition coefficient (Wildman–Crippen LogP) is 1.57. The molecule has 0 aliphatic carbocycles. The second kappa shape index (κ2) is 11.0. The van der Waals surface area contributed by atoms with E-state index < -0.39 is 5.60 Å². The van der Waals surface area contributed by atoms with Crippen LogP contribution in [-0.4, -0.2) is 50.2 Å². The second-order valence-electron chi connectivity index (χ2n) is 4.69. The van der Waals surface area contributed by atoms with Crippen LogP contribution in [0.5, 0.6) is 0 Å². The zero-order valence-electron chi connectivity index (χ0n) is 11.6. The third-order valence-electron chi connectivity index (χ3n) is 2.36. The molecular formula is C13H29NO3. The summed E-state index contributed by atoms with van der Waals surface area (Å²) >= 11 is 0. The van der Waals surface area contributed by atoms with Crippen LogP contribution in [0.25, 0.3) is 0 Å². The van der Waals surface area contributed by atoms with Gasteiger partial charge in [-0.1, -0.05) is 20.3 Å². The summed E-state index contributed by atoms with van der Waals surface area (Å²) in [6.45, 7) is 9.83. The van der Waals surface area contributed by atoms with Crippen LogP contribution in [0.4, 0.5) is 0 Å². The van der Waals surface area contributed by atoms with Crippen molar-refractivity contribution in [2.75, 3.05) is 39.5 Å². The van der Waals surface area contributed by atoms with Gasteiger partial charge in [0.25, 0.3) is 0 Å². The Bertz CT molecular complexity index is 163. The van der Waals surface area contributed by atoms with Crippen molar-refractivity contribution in [3.63, 3.8) is 0 Å². The summed E-state index contributed by atoms with van der Waals surface area (Å²) in [7, 11) is 0. The van der Waals surface area contributed by atoms with E-state index in [9.17, 15) is 5.11 Å². The zero-order valence-corrected chi connectivity index (χ0v) is 11.6. The minimum atomic E-state index is -0.793. The van der Waals surface area contributed by atoms with Gasteiger partial charge >= 0.3 is 0 Å². The summed E-state index contributed by atoms with van der Waals surface area (Å²) in [5.41, 5.74) is -0.793. The maximum atomic E-state index is 9.95. The smallest absolute Gasteiger partial charge is 0.0975 e. The summed E-state index contributed by atoms with van der Waals surface area (Å²) in [6, 6.07) is 0. The quantitative estimate of drug-likeness (QED) is 0.514. The van der Waals surface area contributed by atoms with Crippen LogP contribution in [0.2, 0.25) is 0 Å². The molecule has 0 saturated carbocycles. The number of unbranched alkanes of at least 4 members (excludes halogenated alkanes) is 1. The molecular weight excluding hydrogens is 218 g/mol. The van der Waals surface area contributed by atoms with E-state index in [0.29, 0.717) is 26.4 Å². The molecule has 4 heteroatoms. The van der Waals surface area contributed by atoms with Gasteiger partial charge in [0.05, 0.1) is 25.4 Å². The molecule has 17 heavy (non-hydrogen) atoms. The minimum absolute atomic E-state index is 0.348. The lowest BCUT2D eigenvalue weighted by molar-refractivity contribution is -0.0464. The normalized spacial score (nSPS) is 14.8. The lowest BCUT2D eigenvalue weighted by atomic mass is 10.1. The van der Waals surface area contributed by atoms with Crippen molar-refractivity contribution >= 4 is 0 Å². The zero-order chi connectivity index (χ0) is 13.0. The predicted molar refractivity (Wildman–Crippen MR) is 70.3 cm³/mol. The van der Waals surface area contributed by atoms with Crippen LogP contribution in [0.1, 0.15) is 40.0 Å². The molecule has 2 N–H and O–H groups in total.